The molecule has 0 unspecified atom stereocenters. The molecule has 0 fully saturated rings. The first kappa shape index (κ1) is 19.7. The second-order valence-corrected chi connectivity index (χ2v) is 7.32. The van der Waals surface area contributed by atoms with Gasteiger partial charge in [0.1, 0.15) is 0 Å². The maximum atomic E-state index is 5.77. The molecular weight excluding hydrogens is 272 g/mol. The van der Waals surface area contributed by atoms with Gasteiger partial charge >= 0.3 is 0 Å². The average Bonchev–Trinajstić information content (AvgIpc) is 2.37. The normalized spacial score (nSPS) is 12.0. The van der Waals surface area contributed by atoms with Crippen LogP contribution in [0.1, 0.15) is 90.9 Å². The van der Waals surface area contributed by atoms with Crippen LogP contribution in [-0.4, -0.2) is 10.9 Å². The summed E-state index contributed by atoms with van der Waals surface area (Å²) >= 11 is 9.02. The third-order valence-electron chi connectivity index (χ3n) is 3.44. The lowest BCUT2D eigenvalue weighted by Crippen LogP contribution is -2.18. The molecule has 116 valence electrons. The minimum Gasteiger partial charge on any atom is -0.355 e. The first-order valence-corrected chi connectivity index (χ1v) is 9.10. The molecule has 0 aliphatic carbocycles. The van der Waals surface area contributed by atoms with E-state index in [1.807, 2.05) is 0 Å². The molecule has 0 radical (unpaired) electrons. The Kier molecular flexibility index (Phi) is 14.1. The molecule has 0 aromatic rings. The van der Waals surface area contributed by atoms with Crippen LogP contribution in [0.25, 0.3) is 0 Å². The molecule has 0 spiro atoms. The molecule has 1 nitrogen and oxygen atoms in total. The van der Waals surface area contributed by atoms with E-state index >= 15 is 0 Å². The van der Waals surface area contributed by atoms with Crippen LogP contribution in [0.4, 0.5) is 0 Å². The quantitative estimate of drug-likeness (QED) is 0.219. The molecule has 19 heavy (non-hydrogen) atoms. The van der Waals surface area contributed by atoms with Crippen molar-refractivity contribution in [2.75, 3.05) is 6.61 Å². The SMILES string of the molecule is CCCCCCCCOC(S)(S)CCCCCCC. The Hall–Kier alpha value is 0.660. The van der Waals surface area contributed by atoms with Gasteiger partial charge in [0, 0.05) is 6.61 Å². The number of thiol groups is 2. The molecule has 0 aromatic heterocycles. The van der Waals surface area contributed by atoms with E-state index in [9.17, 15) is 0 Å². The van der Waals surface area contributed by atoms with Gasteiger partial charge in [-0.3, -0.25) is 0 Å². The van der Waals surface area contributed by atoms with Crippen LogP contribution in [0.2, 0.25) is 0 Å². The van der Waals surface area contributed by atoms with Crippen molar-refractivity contribution in [3.63, 3.8) is 0 Å². The van der Waals surface area contributed by atoms with Gasteiger partial charge in [-0.1, -0.05) is 71.6 Å². The monoisotopic (exact) mass is 306 g/mol. The van der Waals surface area contributed by atoms with Crippen molar-refractivity contribution < 1.29 is 4.74 Å². The molecule has 0 saturated heterocycles. The number of hydrogen-bond acceptors (Lipinski definition) is 3. The van der Waals surface area contributed by atoms with Gasteiger partial charge in [0.15, 0.2) is 4.27 Å². The summed E-state index contributed by atoms with van der Waals surface area (Å²) in [7, 11) is 0. The van der Waals surface area contributed by atoms with Crippen LogP contribution in [-0.2, 0) is 4.74 Å². The summed E-state index contributed by atoms with van der Waals surface area (Å²) in [5.41, 5.74) is 0. The highest BCUT2D eigenvalue weighted by molar-refractivity contribution is 8.00. The van der Waals surface area contributed by atoms with Crippen LogP contribution >= 0.6 is 25.3 Å². The van der Waals surface area contributed by atoms with Crippen LogP contribution < -0.4 is 0 Å². The van der Waals surface area contributed by atoms with Gasteiger partial charge in [-0.15, -0.1) is 25.3 Å². The molecule has 0 heterocycles. The summed E-state index contributed by atoms with van der Waals surface area (Å²) in [5, 5.41) is 0. The minimum absolute atomic E-state index is 0.518. The lowest BCUT2D eigenvalue weighted by atomic mass is 10.1. The van der Waals surface area contributed by atoms with Crippen LogP contribution in [0.5, 0.6) is 0 Å². The summed E-state index contributed by atoms with van der Waals surface area (Å²) < 4.78 is 5.25. The second kappa shape index (κ2) is 13.6. The third-order valence-corrected chi connectivity index (χ3v) is 4.14. The Morgan fingerprint density at radius 3 is 1.74 bits per heavy atom. The minimum atomic E-state index is -0.518. The highest BCUT2D eigenvalue weighted by Gasteiger charge is 2.19. The zero-order valence-corrected chi connectivity index (χ0v) is 14.8. The van der Waals surface area contributed by atoms with E-state index in [1.54, 1.807) is 0 Å². The molecule has 0 aliphatic heterocycles. The maximum absolute atomic E-state index is 5.77. The predicted octanol–water partition coefficient (Wildman–Crippen LogP) is 6.24. The van der Waals surface area contributed by atoms with Gasteiger partial charge < -0.3 is 4.74 Å². The van der Waals surface area contributed by atoms with Gasteiger partial charge in [-0.2, -0.15) is 0 Å². The summed E-state index contributed by atoms with van der Waals surface area (Å²) in [6, 6.07) is 0. The van der Waals surface area contributed by atoms with Crippen molar-refractivity contribution in [1.82, 2.24) is 0 Å². The van der Waals surface area contributed by atoms with Crippen molar-refractivity contribution in [2.45, 2.75) is 95.2 Å². The van der Waals surface area contributed by atoms with Crippen LogP contribution in [0.15, 0.2) is 0 Å². The Morgan fingerprint density at radius 2 is 1.16 bits per heavy atom. The molecule has 0 bridgehead atoms. The van der Waals surface area contributed by atoms with Gasteiger partial charge in [0.25, 0.3) is 0 Å². The predicted molar refractivity (Wildman–Crippen MR) is 93.4 cm³/mol. The van der Waals surface area contributed by atoms with Gasteiger partial charge in [0.2, 0.25) is 0 Å². The van der Waals surface area contributed by atoms with Gasteiger partial charge in [-0.05, 0) is 19.3 Å². The fraction of sp³-hybridized carbons (Fsp3) is 1.00. The van der Waals surface area contributed by atoms with Crippen LogP contribution in [0.3, 0.4) is 0 Å². The molecule has 3 heteroatoms. The fourth-order valence-corrected chi connectivity index (χ4v) is 2.65. The second-order valence-electron chi connectivity index (χ2n) is 5.52. The number of hydrogen-bond donors (Lipinski definition) is 2. The van der Waals surface area contributed by atoms with E-state index in [-0.39, 0.29) is 0 Å². The van der Waals surface area contributed by atoms with Gasteiger partial charge in [-0.25, -0.2) is 0 Å². The first-order valence-electron chi connectivity index (χ1n) is 8.21. The van der Waals surface area contributed by atoms with E-state index < -0.39 is 4.27 Å². The van der Waals surface area contributed by atoms with Crippen molar-refractivity contribution in [2.24, 2.45) is 0 Å². The van der Waals surface area contributed by atoms with Crippen molar-refractivity contribution in [1.29, 1.82) is 0 Å². The Balaban J connectivity index is 3.35. The lowest BCUT2D eigenvalue weighted by Gasteiger charge is -2.23. The Bertz CT molecular complexity index is 184. The van der Waals surface area contributed by atoms with E-state index in [2.05, 4.69) is 39.1 Å². The first-order chi connectivity index (χ1) is 9.12. The zero-order chi connectivity index (χ0) is 14.4. The van der Waals surface area contributed by atoms with Crippen molar-refractivity contribution >= 4 is 25.3 Å². The molecule has 0 N–H and O–H groups in total. The molecule has 0 aliphatic rings. The number of ether oxygens (including phenoxy) is 1. The highest BCUT2D eigenvalue weighted by atomic mass is 32.2. The molecule has 0 amide bonds. The van der Waals surface area contributed by atoms with Crippen molar-refractivity contribution in [3.05, 3.63) is 0 Å². The average molecular weight is 307 g/mol. The zero-order valence-electron chi connectivity index (χ0n) is 13.0. The fourth-order valence-electron chi connectivity index (χ4n) is 2.15. The summed E-state index contributed by atoms with van der Waals surface area (Å²) in [4.78, 5) is 0. The maximum Gasteiger partial charge on any atom is 0.154 e. The number of unbranched alkanes of at least 4 members (excludes halogenated alkanes) is 9. The molecule has 0 aromatic carbocycles. The third kappa shape index (κ3) is 14.9. The molecule has 0 saturated carbocycles. The Morgan fingerprint density at radius 1 is 0.684 bits per heavy atom. The van der Waals surface area contributed by atoms with E-state index in [0.29, 0.717) is 0 Å². The standard InChI is InChI=1S/C16H34OS2/c1-3-5-7-9-11-13-15-17-16(18,19)14-12-10-8-6-4-2/h18-19H,3-15H2,1-2H3. The molecular formula is C16H34OS2. The summed E-state index contributed by atoms with van der Waals surface area (Å²) in [6.45, 7) is 5.29. The van der Waals surface area contributed by atoms with E-state index in [0.717, 1.165) is 19.4 Å². The van der Waals surface area contributed by atoms with E-state index in [1.165, 1.54) is 64.2 Å². The van der Waals surface area contributed by atoms with E-state index in [4.69, 9.17) is 4.74 Å². The topological polar surface area (TPSA) is 9.23 Å². The summed E-state index contributed by atoms with van der Waals surface area (Å²) in [6.07, 6.45) is 15.1. The highest BCUT2D eigenvalue weighted by Crippen LogP contribution is 2.28. The van der Waals surface area contributed by atoms with Crippen LogP contribution in [0, 0.1) is 0 Å². The van der Waals surface area contributed by atoms with Gasteiger partial charge in [0.05, 0.1) is 0 Å². The largest absolute Gasteiger partial charge is 0.355 e. The molecule has 0 rings (SSSR count). The Labute approximate surface area is 132 Å². The molecule has 0 atom stereocenters. The summed E-state index contributed by atoms with van der Waals surface area (Å²) in [5.74, 6) is 0. The lowest BCUT2D eigenvalue weighted by molar-refractivity contribution is 0.0811. The van der Waals surface area contributed by atoms with Crippen molar-refractivity contribution in [3.8, 4) is 0 Å². The number of rotatable bonds is 14. The smallest absolute Gasteiger partial charge is 0.154 e.